The maximum absolute atomic E-state index is 10.9. The quantitative estimate of drug-likeness (QED) is 0.600. The predicted octanol–water partition coefficient (Wildman–Crippen LogP) is 0.431. The van der Waals surface area contributed by atoms with E-state index in [0.717, 1.165) is 6.42 Å². The van der Waals surface area contributed by atoms with E-state index < -0.39 is 0 Å². The van der Waals surface area contributed by atoms with E-state index in [0.29, 0.717) is 12.6 Å². The van der Waals surface area contributed by atoms with Crippen LogP contribution in [0.5, 0.6) is 0 Å². The molecule has 0 fully saturated rings. The number of amides is 1. The fraction of sp³-hybridized carbons (Fsp3) is 0.667. The van der Waals surface area contributed by atoms with E-state index >= 15 is 0 Å². The van der Waals surface area contributed by atoms with Gasteiger partial charge in [0.05, 0.1) is 6.54 Å². The Morgan fingerprint density at radius 3 is 3.08 bits per heavy atom. The van der Waals surface area contributed by atoms with E-state index in [4.69, 9.17) is 0 Å². The van der Waals surface area contributed by atoms with E-state index in [2.05, 4.69) is 22.8 Å². The Morgan fingerprint density at radius 1 is 1.67 bits per heavy atom. The lowest BCUT2D eigenvalue weighted by atomic mass is 10.0. The third-order valence-corrected chi connectivity index (χ3v) is 2.06. The van der Waals surface area contributed by atoms with Crippen LogP contribution >= 0.6 is 0 Å². The van der Waals surface area contributed by atoms with Crippen LogP contribution in [0.25, 0.3) is 0 Å². The van der Waals surface area contributed by atoms with Gasteiger partial charge in [0, 0.05) is 13.1 Å². The molecule has 1 atom stereocenters. The smallest absolute Gasteiger partial charge is 0.233 e. The highest BCUT2D eigenvalue weighted by atomic mass is 16.1. The van der Waals surface area contributed by atoms with E-state index in [1.807, 2.05) is 0 Å². The molecule has 0 saturated carbocycles. The maximum Gasteiger partial charge on any atom is 0.233 e. The predicted molar refractivity (Wildman–Crippen MR) is 48.8 cm³/mol. The molecular weight excluding hydrogens is 152 g/mol. The van der Waals surface area contributed by atoms with Crippen molar-refractivity contribution in [3.05, 3.63) is 12.2 Å². The van der Waals surface area contributed by atoms with Crippen molar-refractivity contribution in [3.8, 4) is 0 Å². The molecule has 3 heteroatoms. The van der Waals surface area contributed by atoms with Crippen LogP contribution in [-0.4, -0.2) is 25.5 Å². The van der Waals surface area contributed by atoms with Crippen LogP contribution in [0.1, 0.15) is 19.3 Å². The molecule has 0 heterocycles. The monoisotopic (exact) mass is 168 g/mol. The summed E-state index contributed by atoms with van der Waals surface area (Å²) >= 11 is 0. The average molecular weight is 168 g/mol. The first-order valence-electron chi connectivity index (χ1n) is 4.43. The van der Waals surface area contributed by atoms with Crippen molar-refractivity contribution in [1.29, 1.82) is 0 Å². The molecular formula is C9H16N2O. The molecule has 0 saturated heterocycles. The molecule has 2 N–H and O–H groups in total. The summed E-state index contributed by atoms with van der Waals surface area (Å²) in [6.45, 7) is 0.422. The van der Waals surface area contributed by atoms with Crippen molar-refractivity contribution in [3.63, 3.8) is 0 Å². The first-order chi connectivity index (χ1) is 5.83. The fourth-order valence-corrected chi connectivity index (χ4v) is 1.29. The molecule has 0 spiro atoms. The topological polar surface area (TPSA) is 41.1 Å². The summed E-state index contributed by atoms with van der Waals surface area (Å²) < 4.78 is 0. The van der Waals surface area contributed by atoms with Gasteiger partial charge in [-0.2, -0.15) is 0 Å². The second-order valence-electron chi connectivity index (χ2n) is 3.02. The molecule has 0 aromatic carbocycles. The number of carbonyl (C=O) groups excluding carboxylic acids is 1. The lowest BCUT2D eigenvalue weighted by Crippen LogP contribution is -2.37. The highest BCUT2D eigenvalue weighted by Gasteiger charge is 2.08. The van der Waals surface area contributed by atoms with Gasteiger partial charge >= 0.3 is 0 Å². The number of likely N-dealkylation sites (N-methyl/N-ethyl adjacent to an activating group) is 1. The number of carbonyl (C=O) groups is 1. The molecule has 1 aliphatic rings. The Morgan fingerprint density at radius 2 is 2.50 bits per heavy atom. The van der Waals surface area contributed by atoms with Crippen LogP contribution in [0.4, 0.5) is 0 Å². The summed E-state index contributed by atoms with van der Waals surface area (Å²) in [6.07, 6.45) is 7.87. The number of hydrogen-bond donors (Lipinski definition) is 2. The minimum absolute atomic E-state index is 0.0500. The molecule has 0 aliphatic heterocycles. The van der Waals surface area contributed by atoms with Crippen molar-refractivity contribution in [2.24, 2.45) is 0 Å². The zero-order valence-corrected chi connectivity index (χ0v) is 7.47. The van der Waals surface area contributed by atoms with E-state index in [1.54, 1.807) is 7.05 Å². The number of rotatable bonds is 3. The fourth-order valence-electron chi connectivity index (χ4n) is 1.29. The third kappa shape index (κ3) is 3.05. The highest BCUT2D eigenvalue weighted by Crippen LogP contribution is 2.09. The molecule has 0 bridgehead atoms. The van der Waals surface area contributed by atoms with Gasteiger partial charge in [-0.05, 0) is 19.3 Å². The standard InChI is InChI=1S/C9H16N2O/c1-10-9(12)7-11-8-5-3-2-4-6-8/h3,5,8,11H,2,4,6-7H2,1H3,(H,10,12). The summed E-state index contributed by atoms with van der Waals surface area (Å²) in [7, 11) is 1.65. The van der Waals surface area contributed by atoms with E-state index in [1.165, 1.54) is 12.8 Å². The lowest BCUT2D eigenvalue weighted by molar-refractivity contribution is -0.119. The maximum atomic E-state index is 10.9. The molecule has 0 aromatic heterocycles. The van der Waals surface area contributed by atoms with Crippen molar-refractivity contribution >= 4 is 5.91 Å². The summed E-state index contributed by atoms with van der Waals surface area (Å²) in [5.41, 5.74) is 0. The molecule has 1 unspecified atom stereocenters. The first-order valence-corrected chi connectivity index (χ1v) is 4.43. The zero-order chi connectivity index (χ0) is 8.81. The largest absolute Gasteiger partial charge is 0.358 e. The normalized spacial score (nSPS) is 22.2. The Hall–Kier alpha value is -0.830. The van der Waals surface area contributed by atoms with Crippen LogP contribution in [0.2, 0.25) is 0 Å². The second kappa shape index (κ2) is 4.93. The van der Waals surface area contributed by atoms with Crippen LogP contribution in [-0.2, 0) is 4.79 Å². The Labute approximate surface area is 73.2 Å². The van der Waals surface area contributed by atoms with Gasteiger partial charge in [0.1, 0.15) is 0 Å². The van der Waals surface area contributed by atoms with Gasteiger partial charge in [0.2, 0.25) is 5.91 Å². The Kier molecular flexibility index (Phi) is 3.80. The van der Waals surface area contributed by atoms with Crippen molar-refractivity contribution in [2.75, 3.05) is 13.6 Å². The highest BCUT2D eigenvalue weighted by molar-refractivity contribution is 5.77. The number of allylic oxidation sites excluding steroid dienone is 1. The van der Waals surface area contributed by atoms with E-state index in [9.17, 15) is 4.79 Å². The molecule has 68 valence electrons. The summed E-state index contributed by atoms with van der Waals surface area (Å²) in [6, 6.07) is 0.399. The van der Waals surface area contributed by atoms with Gasteiger partial charge in [-0.3, -0.25) is 4.79 Å². The minimum atomic E-state index is 0.0500. The molecule has 1 aliphatic carbocycles. The average Bonchev–Trinajstić information content (AvgIpc) is 2.16. The van der Waals surface area contributed by atoms with E-state index in [-0.39, 0.29) is 5.91 Å². The molecule has 12 heavy (non-hydrogen) atoms. The zero-order valence-electron chi connectivity index (χ0n) is 7.47. The number of nitrogens with one attached hydrogen (secondary N) is 2. The summed E-state index contributed by atoms with van der Waals surface area (Å²) in [5.74, 6) is 0.0500. The van der Waals surface area contributed by atoms with Gasteiger partial charge in [-0.15, -0.1) is 0 Å². The minimum Gasteiger partial charge on any atom is -0.358 e. The SMILES string of the molecule is CNC(=O)CNC1C=CCCC1. The van der Waals surface area contributed by atoms with Crippen LogP contribution in [0.15, 0.2) is 12.2 Å². The van der Waals surface area contributed by atoms with Crippen LogP contribution < -0.4 is 10.6 Å². The van der Waals surface area contributed by atoms with Crippen LogP contribution in [0.3, 0.4) is 0 Å². The Balaban J connectivity index is 2.17. The molecule has 3 nitrogen and oxygen atoms in total. The first kappa shape index (κ1) is 9.26. The van der Waals surface area contributed by atoms with Crippen LogP contribution in [0, 0.1) is 0 Å². The Bertz CT molecular complexity index is 177. The molecule has 0 radical (unpaired) electrons. The molecule has 1 rings (SSSR count). The van der Waals surface area contributed by atoms with Gasteiger partial charge in [0.25, 0.3) is 0 Å². The van der Waals surface area contributed by atoms with Crippen molar-refractivity contribution in [2.45, 2.75) is 25.3 Å². The second-order valence-corrected chi connectivity index (χ2v) is 3.02. The van der Waals surface area contributed by atoms with Gasteiger partial charge in [-0.1, -0.05) is 12.2 Å². The lowest BCUT2D eigenvalue weighted by Gasteiger charge is -2.17. The van der Waals surface area contributed by atoms with Crippen molar-refractivity contribution in [1.82, 2.24) is 10.6 Å². The van der Waals surface area contributed by atoms with Crippen molar-refractivity contribution < 1.29 is 4.79 Å². The third-order valence-electron chi connectivity index (χ3n) is 2.06. The number of hydrogen-bond acceptors (Lipinski definition) is 2. The van der Waals surface area contributed by atoms with Gasteiger partial charge < -0.3 is 10.6 Å². The summed E-state index contributed by atoms with van der Waals surface area (Å²) in [5, 5.41) is 5.75. The summed E-state index contributed by atoms with van der Waals surface area (Å²) in [4.78, 5) is 10.9. The van der Waals surface area contributed by atoms with Gasteiger partial charge in [-0.25, -0.2) is 0 Å². The molecule has 1 amide bonds. The molecule has 0 aromatic rings. The van der Waals surface area contributed by atoms with Gasteiger partial charge in [0.15, 0.2) is 0 Å².